The molecule has 2 aromatic carbocycles. The predicted octanol–water partition coefficient (Wildman–Crippen LogP) is 3.84. The first kappa shape index (κ1) is 26.6. The van der Waals surface area contributed by atoms with E-state index in [1.807, 2.05) is 35.2 Å². The highest BCUT2D eigenvalue weighted by atomic mass is 127. The Hall–Kier alpha value is -1.95. The smallest absolute Gasteiger partial charge is 0.261 e. The summed E-state index contributed by atoms with van der Waals surface area (Å²) in [6.07, 6.45) is 1.50. The molecule has 1 spiro atoms. The van der Waals surface area contributed by atoms with Gasteiger partial charge in [0.25, 0.3) is 5.91 Å². The summed E-state index contributed by atoms with van der Waals surface area (Å²) < 4.78 is 13.3. The van der Waals surface area contributed by atoms with E-state index in [0.717, 1.165) is 33.4 Å². The maximum absolute atomic E-state index is 13.7. The van der Waals surface area contributed by atoms with E-state index in [0.29, 0.717) is 6.54 Å². The molecule has 0 unspecified atom stereocenters. The number of benzene rings is 2. The van der Waals surface area contributed by atoms with Crippen molar-refractivity contribution >= 4 is 53.4 Å². The maximum Gasteiger partial charge on any atom is 0.261 e. The van der Waals surface area contributed by atoms with Crippen LogP contribution in [0.1, 0.15) is 31.7 Å². The van der Waals surface area contributed by atoms with Gasteiger partial charge in [-0.25, -0.2) is 0 Å². The molecule has 3 aliphatic heterocycles. The largest absolute Gasteiger partial charge is 0.497 e. The topological polar surface area (TPSA) is 88.1 Å². The molecule has 5 atom stereocenters. The summed E-state index contributed by atoms with van der Waals surface area (Å²) in [4.78, 5) is 29.1. The summed E-state index contributed by atoms with van der Waals surface area (Å²) in [5, 5.41) is 14.1. The number of likely N-dealkylation sites (tertiary alicyclic amines) is 1. The molecule has 0 radical (unpaired) electrons. The van der Waals surface area contributed by atoms with Crippen molar-refractivity contribution < 1.29 is 24.2 Å². The molecule has 7 nitrogen and oxygen atoms in total. The number of anilines is 1. The van der Waals surface area contributed by atoms with Gasteiger partial charge in [0, 0.05) is 27.3 Å². The Kier molecular flexibility index (Phi) is 7.19. The quantitative estimate of drug-likeness (QED) is 0.373. The van der Waals surface area contributed by atoms with E-state index in [4.69, 9.17) is 9.47 Å². The van der Waals surface area contributed by atoms with Crippen molar-refractivity contribution in [3.8, 4) is 5.75 Å². The summed E-state index contributed by atoms with van der Waals surface area (Å²) in [7, 11) is -0.622. The second-order valence-corrected chi connectivity index (χ2v) is 17.0. The number of rotatable bonds is 6. The monoisotopic (exact) mass is 634 g/mol. The summed E-state index contributed by atoms with van der Waals surface area (Å²) in [5.41, 5.74) is 0.525. The number of amides is 2. The zero-order valence-electron chi connectivity index (χ0n) is 21.8. The van der Waals surface area contributed by atoms with Crippen LogP contribution in [0.3, 0.4) is 0 Å². The highest BCUT2D eigenvalue weighted by molar-refractivity contribution is 14.1. The van der Waals surface area contributed by atoms with Crippen molar-refractivity contribution in [2.75, 3.05) is 25.6 Å². The van der Waals surface area contributed by atoms with Gasteiger partial charge in [0.15, 0.2) is 5.60 Å². The zero-order chi connectivity index (χ0) is 26.5. The summed E-state index contributed by atoms with van der Waals surface area (Å²) >= 11 is 2.27. The third kappa shape index (κ3) is 4.31. The molecule has 2 N–H and O–H groups in total. The lowest BCUT2D eigenvalue weighted by Gasteiger charge is -2.37. The minimum atomic E-state index is -2.28. The molecule has 9 heteroatoms. The van der Waals surface area contributed by atoms with Gasteiger partial charge in [0.05, 0.1) is 40.4 Å². The third-order valence-corrected chi connectivity index (χ3v) is 13.9. The number of fused-ring (bicyclic) bond motifs is 2. The molecule has 198 valence electrons. The lowest BCUT2D eigenvalue weighted by atomic mass is 9.82. The van der Waals surface area contributed by atoms with Gasteiger partial charge in [-0.3, -0.25) is 9.59 Å². The van der Waals surface area contributed by atoms with Gasteiger partial charge in [-0.15, -0.1) is 0 Å². The number of nitrogens with zero attached hydrogens (tertiary/aromatic N) is 1. The predicted molar refractivity (Wildman–Crippen MR) is 154 cm³/mol. The number of aliphatic hydroxyl groups excluding tert-OH is 1. The first-order chi connectivity index (χ1) is 17.6. The molecule has 0 bridgehead atoms. The Morgan fingerprint density at radius 2 is 2.00 bits per heavy atom. The molecule has 0 aliphatic carbocycles. The molecule has 2 saturated heterocycles. The molecule has 2 fully saturated rings. The normalized spacial score (nSPS) is 29.0. The van der Waals surface area contributed by atoms with Gasteiger partial charge in [-0.1, -0.05) is 37.3 Å². The Balaban J connectivity index is 1.57. The second kappa shape index (κ2) is 9.98. The van der Waals surface area contributed by atoms with Crippen molar-refractivity contribution in [2.45, 2.75) is 62.6 Å². The van der Waals surface area contributed by atoms with Crippen LogP contribution in [-0.4, -0.2) is 62.3 Å². The Morgan fingerprint density at radius 3 is 2.68 bits per heavy atom. The maximum atomic E-state index is 13.7. The van der Waals surface area contributed by atoms with Crippen LogP contribution in [0.15, 0.2) is 42.5 Å². The van der Waals surface area contributed by atoms with Gasteiger partial charge in [-0.2, -0.15) is 0 Å². The molecular formula is C28H35IN2O5Si. The average molecular weight is 635 g/mol. The van der Waals surface area contributed by atoms with Crippen LogP contribution in [0.25, 0.3) is 0 Å². The van der Waals surface area contributed by atoms with E-state index >= 15 is 0 Å². The van der Waals surface area contributed by atoms with E-state index < -0.39 is 19.8 Å². The number of carbonyl (C=O) groups excluding carboxylic acids is 2. The van der Waals surface area contributed by atoms with Gasteiger partial charge in [0.2, 0.25) is 5.91 Å². The fourth-order valence-electron chi connectivity index (χ4n) is 6.95. The molecule has 3 heterocycles. The number of carbonyl (C=O) groups is 2. The van der Waals surface area contributed by atoms with Crippen LogP contribution in [0.2, 0.25) is 18.6 Å². The highest BCUT2D eigenvalue weighted by Gasteiger charge is 2.65. The van der Waals surface area contributed by atoms with E-state index in [2.05, 4.69) is 60.1 Å². The first-order valence-electron chi connectivity index (χ1n) is 13.0. The van der Waals surface area contributed by atoms with Crippen LogP contribution < -0.4 is 15.2 Å². The Morgan fingerprint density at radius 1 is 1.27 bits per heavy atom. The van der Waals surface area contributed by atoms with Crippen molar-refractivity contribution in [3.05, 3.63) is 51.6 Å². The van der Waals surface area contributed by atoms with Crippen LogP contribution >= 0.6 is 22.6 Å². The number of hydrogen-bond acceptors (Lipinski definition) is 5. The van der Waals surface area contributed by atoms with Crippen LogP contribution in [-0.2, 0) is 19.9 Å². The molecule has 0 saturated carbocycles. The van der Waals surface area contributed by atoms with Crippen LogP contribution in [0.5, 0.6) is 5.75 Å². The lowest BCUT2D eigenvalue weighted by molar-refractivity contribution is -0.148. The highest BCUT2D eigenvalue weighted by Crippen LogP contribution is 2.58. The Bertz CT molecular complexity index is 1210. The molecule has 0 aromatic heterocycles. The number of aliphatic hydroxyl groups is 1. The van der Waals surface area contributed by atoms with E-state index in [-0.39, 0.29) is 42.3 Å². The second-order valence-electron chi connectivity index (χ2n) is 11.1. The van der Waals surface area contributed by atoms with E-state index in [1.165, 1.54) is 5.19 Å². The van der Waals surface area contributed by atoms with Gasteiger partial charge >= 0.3 is 0 Å². The van der Waals surface area contributed by atoms with Crippen molar-refractivity contribution in [2.24, 2.45) is 5.92 Å². The van der Waals surface area contributed by atoms with Crippen LogP contribution in [0.4, 0.5) is 5.69 Å². The molecule has 2 amide bonds. The van der Waals surface area contributed by atoms with E-state index in [9.17, 15) is 14.7 Å². The standard InChI is InChI=1S/C28H35IN2O5Si/c1-17-26(37(3,4)21-10-8-20(35-2)9-11-21)24(15-25(33)31-13-5-6-19(31)16-32)36-28(17)22-14-18(29)7-12-23(22)30-27(28)34/h7-12,14,17,19,24,26,32H,5-6,13,15-16H2,1-4H3,(H,30,34)/t17-,19-,24+,26-,28+/m0/s1. The van der Waals surface area contributed by atoms with E-state index in [1.54, 1.807) is 7.11 Å². The fourth-order valence-corrected chi connectivity index (χ4v) is 11.5. The fraction of sp³-hybridized carbons (Fsp3) is 0.500. The van der Waals surface area contributed by atoms with Crippen LogP contribution in [0, 0.1) is 9.49 Å². The minimum Gasteiger partial charge on any atom is -0.497 e. The minimum absolute atomic E-state index is 0.00315. The van der Waals surface area contributed by atoms with Crippen molar-refractivity contribution in [1.29, 1.82) is 0 Å². The SMILES string of the molecule is COc1ccc([Si](C)(C)[C@@H]2[C@@H](CC(=O)N3CCC[C@H]3CO)O[C@]3(C(=O)Nc4ccc(I)cc43)[C@H]2C)cc1. The number of methoxy groups -OCH3 is 1. The third-order valence-electron chi connectivity index (χ3n) is 8.84. The summed E-state index contributed by atoms with van der Waals surface area (Å²) in [6, 6.07) is 14.0. The average Bonchev–Trinajstić information content (AvgIpc) is 3.55. The van der Waals surface area contributed by atoms with Gasteiger partial charge in [0.1, 0.15) is 5.75 Å². The number of hydrogen-bond donors (Lipinski definition) is 2. The Labute approximate surface area is 233 Å². The summed E-state index contributed by atoms with van der Waals surface area (Å²) in [6.45, 7) is 7.37. The zero-order valence-corrected chi connectivity index (χ0v) is 24.9. The molecule has 2 aromatic rings. The number of nitrogens with one attached hydrogen (secondary N) is 1. The molecule has 5 rings (SSSR count). The number of ether oxygens (including phenoxy) is 2. The summed E-state index contributed by atoms with van der Waals surface area (Å²) in [5.74, 6) is 0.512. The van der Waals surface area contributed by atoms with Gasteiger partial charge < -0.3 is 24.8 Å². The molecule has 37 heavy (non-hydrogen) atoms. The number of halogens is 1. The lowest BCUT2D eigenvalue weighted by Crippen LogP contribution is -2.52. The molecular weight excluding hydrogens is 599 g/mol. The van der Waals surface area contributed by atoms with Crippen molar-refractivity contribution in [1.82, 2.24) is 4.90 Å². The van der Waals surface area contributed by atoms with Gasteiger partial charge in [-0.05, 0) is 71.3 Å². The van der Waals surface area contributed by atoms with Crippen molar-refractivity contribution in [3.63, 3.8) is 0 Å². The molecule has 3 aliphatic rings. The first-order valence-corrected chi connectivity index (χ1v) is 17.1.